The van der Waals surface area contributed by atoms with Gasteiger partial charge in [-0.25, -0.2) is 0 Å². The highest BCUT2D eigenvalue weighted by Gasteiger charge is 2.49. The van der Waals surface area contributed by atoms with Crippen LogP contribution in [-0.4, -0.2) is 34.5 Å². The van der Waals surface area contributed by atoms with E-state index in [0.29, 0.717) is 5.56 Å². The van der Waals surface area contributed by atoms with Crippen LogP contribution < -0.4 is 0 Å². The van der Waals surface area contributed by atoms with E-state index in [9.17, 15) is 24.8 Å². The number of ether oxygens (including phenoxy) is 1. The lowest BCUT2D eigenvalue weighted by atomic mass is 9.67. The molecule has 0 aliphatic heterocycles. The predicted molar refractivity (Wildman–Crippen MR) is 76.2 cm³/mol. The minimum atomic E-state index is -1.54. The van der Waals surface area contributed by atoms with Crippen molar-refractivity contribution in [1.82, 2.24) is 0 Å². The lowest BCUT2D eigenvalue weighted by Crippen LogP contribution is -2.49. The van der Waals surface area contributed by atoms with Gasteiger partial charge in [-0.3, -0.25) is 19.7 Å². The molecule has 1 fully saturated rings. The number of nitro groups is 1. The fraction of sp³-hybridized carbons (Fsp3) is 0.467. The summed E-state index contributed by atoms with van der Waals surface area (Å²) in [7, 11) is 1.21. The predicted octanol–water partition coefficient (Wildman–Crippen LogP) is 1.58. The molecule has 0 bridgehead atoms. The maximum Gasteiger partial charge on any atom is 0.312 e. The second-order valence-corrected chi connectivity index (χ2v) is 5.74. The monoisotopic (exact) mass is 307 g/mol. The van der Waals surface area contributed by atoms with E-state index in [2.05, 4.69) is 0 Å². The molecular formula is C15H17NO6. The second-order valence-electron chi connectivity index (χ2n) is 5.74. The number of carbonyl (C=O) groups excluding carboxylic acids is 2. The van der Waals surface area contributed by atoms with Gasteiger partial charge in [0.05, 0.1) is 23.6 Å². The molecule has 3 atom stereocenters. The number of hydrogen-bond acceptors (Lipinski definition) is 6. The van der Waals surface area contributed by atoms with Gasteiger partial charge in [0.15, 0.2) is 0 Å². The lowest BCUT2D eigenvalue weighted by Gasteiger charge is -2.40. The molecule has 118 valence electrons. The Labute approximate surface area is 127 Å². The smallest absolute Gasteiger partial charge is 0.312 e. The highest BCUT2D eigenvalue weighted by Crippen LogP contribution is 2.43. The van der Waals surface area contributed by atoms with Crippen LogP contribution in [0.3, 0.4) is 0 Å². The van der Waals surface area contributed by atoms with Crippen molar-refractivity contribution in [3.8, 4) is 0 Å². The fourth-order valence-corrected chi connectivity index (χ4v) is 3.10. The molecule has 0 spiro atoms. The number of esters is 1. The number of methoxy groups -OCH3 is 1. The molecule has 0 radical (unpaired) electrons. The van der Waals surface area contributed by atoms with Crippen LogP contribution in [0.15, 0.2) is 24.3 Å². The Balaban J connectivity index is 2.48. The number of non-ortho nitro benzene ring substituents is 1. The molecule has 7 nitrogen and oxygen atoms in total. The van der Waals surface area contributed by atoms with Gasteiger partial charge < -0.3 is 9.84 Å². The van der Waals surface area contributed by atoms with Crippen molar-refractivity contribution >= 4 is 17.4 Å². The summed E-state index contributed by atoms with van der Waals surface area (Å²) in [5.41, 5.74) is -1.20. The van der Waals surface area contributed by atoms with Crippen LogP contribution in [0.4, 0.5) is 5.69 Å². The summed E-state index contributed by atoms with van der Waals surface area (Å²) < 4.78 is 4.75. The largest absolute Gasteiger partial charge is 0.469 e. The molecule has 2 rings (SSSR count). The molecule has 0 aromatic heterocycles. The molecule has 1 N–H and O–H groups in total. The Hall–Kier alpha value is -2.28. The maximum atomic E-state index is 12.1. The lowest BCUT2D eigenvalue weighted by molar-refractivity contribution is -0.385. The molecule has 3 unspecified atom stereocenters. The SMILES string of the molecule is COC(=O)C1C(c2cccc([N+](=O)[O-])c2)CC(=O)CC1(C)O. The van der Waals surface area contributed by atoms with Crippen molar-refractivity contribution in [1.29, 1.82) is 0 Å². The average Bonchev–Trinajstić information content (AvgIpc) is 2.44. The van der Waals surface area contributed by atoms with Crippen LogP contribution in [0, 0.1) is 16.0 Å². The van der Waals surface area contributed by atoms with Gasteiger partial charge in [0.2, 0.25) is 0 Å². The summed E-state index contributed by atoms with van der Waals surface area (Å²) in [6.07, 6.45) is -0.102. The van der Waals surface area contributed by atoms with E-state index in [-0.39, 0.29) is 24.3 Å². The quantitative estimate of drug-likeness (QED) is 0.516. The van der Waals surface area contributed by atoms with Gasteiger partial charge in [0, 0.05) is 30.9 Å². The number of ketones is 1. The topological polar surface area (TPSA) is 107 Å². The third-order valence-electron chi connectivity index (χ3n) is 4.04. The molecule has 7 heteroatoms. The summed E-state index contributed by atoms with van der Waals surface area (Å²) in [4.78, 5) is 34.3. The number of hydrogen-bond donors (Lipinski definition) is 1. The fourth-order valence-electron chi connectivity index (χ4n) is 3.10. The normalized spacial score (nSPS) is 28.2. The molecule has 1 aliphatic rings. The molecule has 1 aliphatic carbocycles. The number of Topliss-reactive ketones (excluding diaryl/α,β-unsaturated/α-hetero) is 1. The van der Waals surface area contributed by atoms with Crippen LogP contribution in [0.2, 0.25) is 0 Å². The molecule has 1 aromatic carbocycles. The number of nitro benzene ring substituents is 1. The van der Waals surface area contributed by atoms with Crippen molar-refractivity contribution in [2.24, 2.45) is 5.92 Å². The van der Waals surface area contributed by atoms with Crippen molar-refractivity contribution in [2.45, 2.75) is 31.3 Å². The molecule has 0 amide bonds. The number of carbonyl (C=O) groups is 2. The van der Waals surface area contributed by atoms with Gasteiger partial charge in [-0.05, 0) is 12.5 Å². The van der Waals surface area contributed by atoms with Gasteiger partial charge in [-0.2, -0.15) is 0 Å². The highest BCUT2D eigenvalue weighted by atomic mass is 16.6. The Kier molecular flexibility index (Phi) is 4.27. The van der Waals surface area contributed by atoms with Gasteiger partial charge in [0.1, 0.15) is 5.78 Å². The van der Waals surface area contributed by atoms with E-state index in [1.807, 2.05) is 0 Å². The second kappa shape index (κ2) is 5.84. The van der Waals surface area contributed by atoms with Gasteiger partial charge in [-0.1, -0.05) is 12.1 Å². The molecule has 0 heterocycles. The standard InChI is InChI=1S/C15H17NO6/c1-15(19)8-11(17)7-12(13(15)14(18)22-2)9-4-3-5-10(6-9)16(20)21/h3-6,12-13,19H,7-8H2,1-2H3. The van der Waals surface area contributed by atoms with Crippen LogP contribution in [0.1, 0.15) is 31.2 Å². The number of benzene rings is 1. The van der Waals surface area contributed by atoms with Crippen molar-refractivity contribution < 1.29 is 24.4 Å². The van der Waals surface area contributed by atoms with Gasteiger partial charge in [-0.15, -0.1) is 0 Å². The van der Waals surface area contributed by atoms with Crippen LogP contribution in [0.5, 0.6) is 0 Å². The zero-order valence-electron chi connectivity index (χ0n) is 12.3. The Morgan fingerprint density at radius 1 is 1.50 bits per heavy atom. The zero-order chi connectivity index (χ0) is 16.5. The van der Waals surface area contributed by atoms with Gasteiger partial charge >= 0.3 is 5.97 Å². The summed E-state index contributed by atoms with van der Waals surface area (Å²) >= 11 is 0. The maximum absolute atomic E-state index is 12.1. The summed E-state index contributed by atoms with van der Waals surface area (Å²) in [5.74, 6) is -2.42. The van der Waals surface area contributed by atoms with E-state index in [1.165, 1.54) is 32.2 Å². The minimum Gasteiger partial charge on any atom is -0.469 e. The molecule has 22 heavy (non-hydrogen) atoms. The zero-order valence-corrected chi connectivity index (χ0v) is 12.3. The molecule has 0 saturated heterocycles. The third kappa shape index (κ3) is 2.99. The van der Waals surface area contributed by atoms with Gasteiger partial charge in [0.25, 0.3) is 5.69 Å². The Morgan fingerprint density at radius 2 is 2.18 bits per heavy atom. The number of rotatable bonds is 3. The number of aliphatic hydroxyl groups is 1. The first-order chi connectivity index (χ1) is 10.3. The Morgan fingerprint density at radius 3 is 2.77 bits per heavy atom. The van der Waals surface area contributed by atoms with E-state index < -0.39 is 28.3 Å². The average molecular weight is 307 g/mol. The van der Waals surface area contributed by atoms with Crippen LogP contribution in [-0.2, 0) is 14.3 Å². The molecule has 1 saturated carbocycles. The van der Waals surface area contributed by atoms with Crippen molar-refractivity contribution in [3.63, 3.8) is 0 Å². The highest BCUT2D eigenvalue weighted by molar-refractivity contribution is 5.86. The first kappa shape index (κ1) is 16.1. The van der Waals surface area contributed by atoms with E-state index >= 15 is 0 Å². The molecular weight excluding hydrogens is 290 g/mol. The summed E-state index contributed by atoms with van der Waals surface area (Å²) in [5, 5.41) is 21.4. The minimum absolute atomic E-state index is 0.0388. The van der Waals surface area contributed by atoms with Crippen LogP contribution >= 0.6 is 0 Å². The van der Waals surface area contributed by atoms with E-state index in [1.54, 1.807) is 6.07 Å². The van der Waals surface area contributed by atoms with E-state index in [0.717, 1.165) is 0 Å². The van der Waals surface area contributed by atoms with Crippen molar-refractivity contribution in [3.05, 3.63) is 39.9 Å². The Bertz CT molecular complexity index is 624. The number of nitrogens with zero attached hydrogens (tertiary/aromatic N) is 1. The summed E-state index contributed by atoms with van der Waals surface area (Å²) in [6.45, 7) is 1.41. The summed E-state index contributed by atoms with van der Waals surface area (Å²) in [6, 6.07) is 5.77. The molecule has 1 aromatic rings. The van der Waals surface area contributed by atoms with Crippen molar-refractivity contribution in [2.75, 3.05) is 7.11 Å². The van der Waals surface area contributed by atoms with E-state index in [4.69, 9.17) is 4.74 Å². The first-order valence-corrected chi connectivity index (χ1v) is 6.82. The third-order valence-corrected chi connectivity index (χ3v) is 4.04. The van der Waals surface area contributed by atoms with Crippen LogP contribution in [0.25, 0.3) is 0 Å². The first-order valence-electron chi connectivity index (χ1n) is 6.82.